The molecule has 1 atom stereocenters. The van der Waals surface area contributed by atoms with Crippen LogP contribution in [-0.2, 0) is 4.79 Å². The molecule has 0 aliphatic heterocycles. The molecular weight excluding hydrogens is 241 g/mol. The van der Waals surface area contributed by atoms with Crippen molar-refractivity contribution in [1.82, 2.24) is 0 Å². The van der Waals surface area contributed by atoms with Gasteiger partial charge in [0.2, 0.25) is 0 Å². The Morgan fingerprint density at radius 1 is 1.35 bits per heavy atom. The Kier molecular flexibility index (Phi) is 5.15. The molecule has 0 amide bonds. The van der Waals surface area contributed by atoms with E-state index in [-0.39, 0.29) is 12.5 Å². The number of rotatable bonds is 5. The van der Waals surface area contributed by atoms with E-state index in [1.165, 1.54) is 13.8 Å². The SMILES string of the molecule is CC(C)(O)[C@@H](O)CCC(=CC(=O)O)C(F)(F)F. The molecule has 0 spiro atoms. The number of hydrogen-bond acceptors (Lipinski definition) is 3. The van der Waals surface area contributed by atoms with E-state index in [9.17, 15) is 28.2 Å². The van der Waals surface area contributed by atoms with Gasteiger partial charge in [0, 0.05) is 11.6 Å². The van der Waals surface area contributed by atoms with Crippen LogP contribution in [0.25, 0.3) is 0 Å². The second-order valence-corrected chi connectivity index (χ2v) is 4.21. The van der Waals surface area contributed by atoms with Gasteiger partial charge in [0.1, 0.15) is 0 Å². The lowest BCUT2D eigenvalue weighted by Crippen LogP contribution is -2.36. The summed E-state index contributed by atoms with van der Waals surface area (Å²) in [7, 11) is 0. The molecule has 7 heteroatoms. The number of hydrogen-bond donors (Lipinski definition) is 3. The summed E-state index contributed by atoms with van der Waals surface area (Å²) in [6.07, 6.45) is -7.08. The van der Waals surface area contributed by atoms with Crippen molar-refractivity contribution in [3.05, 3.63) is 11.6 Å². The number of alkyl halides is 3. The van der Waals surface area contributed by atoms with E-state index in [1.54, 1.807) is 0 Å². The summed E-state index contributed by atoms with van der Waals surface area (Å²) in [5.41, 5.74) is -2.77. The monoisotopic (exact) mass is 256 g/mol. The van der Waals surface area contributed by atoms with E-state index in [0.717, 1.165) is 0 Å². The molecule has 0 aliphatic rings. The number of aliphatic hydroxyl groups excluding tert-OH is 1. The highest BCUT2D eigenvalue weighted by atomic mass is 19.4. The molecule has 0 bridgehead atoms. The number of halogens is 3. The molecule has 0 saturated carbocycles. The largest absolute Gasteiger partial charge is 0.478 e. The van der Waals surface area contributed by atoms with Crippen molar-refractivity contribution in [2.75, 3.05) is 0 Å². The first-order chi connectivity index (χ1) is 7.44. The second kappa shape index (κ2) is 5.50. The van der Waals surface area contributed by atoms with Crippen molar-refractivity contribution < 1.29 is 33.3 Å². The number of allylic oxidation sites excluding steroid dienone is 1. The topological polar surface area (TPSA) is 77.8 Å². The third-order valence-electron chi connectivity index (χ3n) is 2.16. The van der Waals surface area contributed by atoms with Crippen LogP contribution in [-0.4, -0.2) is 39.2 Å². The Balaban J connectivity index is 4.66. The van der Waals surface area contributed by atoms with Gasteiger partial charge >= 0.3 is 12.1 Å². The van der Waals surface area contributed by atoms with Gasteiger partial charge in [-0.3, -0.25) is 0 Å². The lowest BCUT2D eigenvalue weighted by Gasteiger charge is -2.25. The first-order valence-corrected chi connectivity index (χ1v) is 4.85. The Morgan fingerprint density at radius 3 is 2.12 bits per heavy atom. The minimum Gasteiger partial charge on any atom is -0.478 e. The number of aliphatic hydroxyl groups is 2. The van der Waals surface area contributed by atoms with Crippen LogP contribution in [0.5, 0.6) is 0 Å². The average molecular weight is 256 g/mol. The van der Waals surface area contributed by atoms with Crippen molar-refractivity contribution in [2.24, 2.45) is 0 Å². The van der Waals surface area contributed by atoms with E-state index in [1.807, 2.05) is 0 Å². The summed E-state index contributed by atoms with van der Waals surface area (Å²) in [6, 6.07) is 0. The molecule has 0 aromatic heterocycles. The van der Waals surface area contributed by atoms with Crippen molar-refractivity contribution in [1.29, 1.82) is 0 Å². The van der Waals surface area contributed by atoms with Crippen molar-refractivity contribution in [3.63, 3.8) is 0 Å². The second-order valence-electron chi connectivity index (χ2n) is 4.21. The molecule has 0 unspecified atom stereocenters. The van der Waals surface area contributed by atoms with Gasteiger partial charge in [-0.15, -0.1) is 0 Å². The quantitative estimate of drug-likeness (QED) is 0.651. The fraction of sp³-hybridized carbons (Fsp3) is 0.700. The molecule has 0 fully saturated rings. The first-order valence-electron chi connectivity index (χ1n) is 4.85. The van der Waals surface area contributed by atoms with Crippen LogP contribution in [0, 0.1) is 0 Å². The normalized spacial score (nSPS) is 15.8. The number of carboxylic acids is 1. The molecule has 0 aromatic carbocycles. The third kappa shape index (κ3) is 6.28. The predicted octanol–water partition coefficient (Wildman–Crippen LogP) is 1.47. The summed E-state index contributed by atoms with van der Waals surface area (Å²) < 4.78 is 37.1. The lowest BCUT2D eigenvalue weighted by molar-refractivity contribution is -0.132. The molecule has 0 aliphatic carbocycles. The van der Waals surface area contributed by atoms with E-state index in [2.05, 4.69) is 0 Å². The van der Waals surface area contributed by atoms with Crippen molar-refractivity contribution in [2.45, 2.75) is 44.6 Å². The van der Waals surface area contributed by atoms with Crippen LogP contribution in [0.3, 0.4) is 0 Å². The highest BCUT2D eigenvalue weighted by Crippen LogP contribution is 2.30. The third-order valence-corrected chi connectivity index (χ3v) is 2.16. The molecule has 0 aromatic rings. The Bertz CT molecular complexity index is 302. The highest BCUT2D eigenvalue weighted by Gasteiger charge is 2.35. The molecule has 4 nitrogen and oxygen atoms in total. The molecule has 100 valence electrons. The number of aliphatic carboxylic acids is 1. The van der Waals surface area contributed by atoms with Crippen LogP contribution in [0.15, 0.2) is 11.6 Å². The van der Waals surface area contributed by atoms with Gasteiger partial charge < -0.3 is 15.3 Å². The van der Waals surface area contributed by atoms with Crippen LogP contribution < -0.4 is 0 Å². The fourth-order valence-corrected chi connectivity index (χ4v) is 1.09. The molecule has 0 rings (SSSR count). The zero-order valence-corrected chi connectivity index (χ0v) is 9.45. The van der Waals surface area contributed by atoms with Crippen LogP contribution >= 0.6 is 0 Å². The van der Waals surface area contributed by atoms with E-state index in [0.29, 0.717) is 0 Å². The first kappa shape index (κ1) is 15.9. The zero-order valence-electron chi connectivity index (χ0n) is 9.45. The predicted molar refractivity (Wildman–Crippen MR) is 53.3 cm³/mol. The summed E-state index contributed by atoms with van der Waals surface area (Å²) in [4.78, 5) is 10.2. The van der Waals surface area contributed by atoms with Gasteiger partial charge in [-0.2, -0.15) is 13.2 Å². The number of carboxylic acid groups (broad SMARTS) is 1. The average Bonchev–Trinajstić information content (AvgIpc) is 2.07. The van der Waals surface area contributed by atoms with E-state index >= 15 is 0 Å². The minimum absolute atomic E-state index is 0.0666. The summed E-state index contributed by atoms with van der Waals surface area (Å²) in [5.74, 6) is -1.70. The van der Waals surface area contributed by atoms with Gasteiger partial charge in [0.05, 0.1) is 11.7 Å². The van der Waals surface area contributed by atoms with Crippen LogP contribution in [0.1, 0.15) is 26.7 Å². The summed E-state index contributed by atoms with van der Waals surface area (Å²) >= 11 is 0. The van der Waals surface area contributed by atoms with E-state index in [4.69, 9.17) is 5.11 Å². The van der Waals surface area contributed by atoms with Gasteiger partial charge in [0.15, 0.2) is 0 Å². The van der Waals surface area contributed by atoms with Gasteiger partial charge in [-0.05, 0) is 26.7 Å². The fourth-order valence-electron chi connectivity index (χ4n) is 1.09. The van der Waals surface area contributed by atoms with Crippen molar-refractivity contribution in [3.8, 4) is 0 Å². The smallest absolute Gasteiger partial charge is 0.412 e. The zero-order chi connectivity index (χ0) is 13.9. The molecule has 17 heavy (non-hydrogen) atoms. The molecule has 3 N–H and O–H groups in total. The maximum absolute atomic E-state index is 12.4. The molecule has 0 heterocycles. The minimum atomic E-state index is -4.75. The maximum Gasteiger partial charge on any atom is 0.412 e. The highest BCUT2D eigenvalue weighted by molar-refractivity contribution is 5.80. The molecular formula is C10H15F3O4. The lowest BCUT2D eigenvalue weighted by atomic mass is 9.95. The summed E-state index contributed by atoms with van der Waals surface area (Å²) in [6.45, 7) is 2.51. The standard InChI is InChI=1S/C10H15F3O4/c1-9(2,17)7(14)4-3-6(5-8(15)16)10(11,12)13/h5,7,14,17H,3-4H2,1-2H3,(H,15,16)/t7-/m0/s1. The molecule has 0 radical (unpaired) electrons. The number of carbonyl (C=O) groups is 1. The van der Waals surface area contributed by atoms with Crippen LogP contribution in [0.2, 0.25) is 0 Å². The summed E-state index contributed by atoms with van der Waals surface area (Å²) in [5, 5.41) is 26.9. The maximum atomic E-state index is 12.4. The van der Waals surface area contributed by atoms with E-state index < -0.39 is 35.8 Å². The van der Waals surface area contributed by atoms with Gasteiger partial charge in [-0.25, -0.2) is 4.79 Å². The van der Waals surface area contributed by atoms with Gasteiger partial charge in [0.25, 0.3) is 0 Å². The molecule has 0 saturated heterocycles. The van der Waals surface area contributed by atoms with Crippen LogP contribution in [0.4, 0.5) is 13.2 Å². The van der Waals surface area contributed by atoms with Gasteiger partial charge in [-0.1, -0.05) is 0 Å². The Labute approximate surface area is 96.4 Å². The Hall–Kier alpha value is -1.08. The Morgan fingerprint density at radius 2 is 1.82 bits per heavy atom. The van der Waals surface area contributed by atoms with Crippen molar-refractivity contribution >= 4 is 5.97 Å².